The Morgan fingerprint density at radius 3 is 2.57 bits per heavy atom. The Morgan fingerprint density at radius 2 is 1.95 bits per heavy atom. The molecule has 1 saturated carbocycles. The van der Waals surface area contributed by atoms with Gasteiger partial charge in [-0.2, -0.15) is 0 Å². The van der Waals surface area contributed by atoms with E-state index in [4.69, 9.17) is 27.9 Å². The van der Waals surface area contributed by atoms with Crippen molar-refractivity contribution in [1.29, 1.82) is 0 Å². The van der Waals surface area contributed by atoms with E-state index in [9.17, 15) is 0 Å². The second-order valence-electron chi connectivity index (χ2n) is 5.82. The lowest BCUT2D eigenvalue weighted by atomic mass is 9.77. The smallest absolute Gasteiger partial charge is 0.0837 e. The molecule has 1 aromatic carbocycles. The van der Waals surface area contributed by atoms with Crippen molar-refractivity contribution in [3.8, 4) is 0 Å². The van der Waals surface area contributed by atoms with Gasteiger partial charge in [-0.3, -0.25) is 0 Å². The molecule has 1 atom stereocenters. The molecule has 21 heavy (non-hydrogen) atoms. The summed E-state index contributed by atoms with van der Waals surface area (Å²) in [6.07, 6.45) is 6.86. The van der Waals surface area contributed by atoms with Crippen LogP contribution in [0.5, 0.6) is 0 Å². The van der Waals surface area contributed by atoms with Crippen molar-refractivity contribution in [3.63, 3.8) is 0 Å². The molecular formula is C17H25Cl2NO. The SMILES string of the molecule is CCOC1(C(Cc2cccc(Cl)c2Cl)NC)CCCCC1. The zero-order valence-electron chi connectivity index (χ0n) is 12.9. The minimum Gasteiger partial charge on any atom is -0.374 e. The molecule has 0 radical (unpaired) electrons. The molecule has 1 aliphatic rings. The maximum Gasteiger partial charge on any atom is 0.0837 e. The number of halogens is 2. The predicted molar refractivity (Wildman–Crippen MR) is 90.5 cm³/mol. The quantitative estimate of drug-likeness (QED) is 0.804. The second-order valence-corrected chi connectivity index (χ2v) is 6.60. The highest BCUT2D eigenvalue weighted by molar-refractivity contribution is 6.42. The Labute approximate surface area is 138 Å². The van der Waals surface area contributed by atoms with Crippen LogP contribution < -0.4 is 5.32 Å². The summed E-state index contributed by atoms with van der Waals surface area (Å²) in [4.78, 5) is 0. The minimum atomic E-state index is -0.0760. The van der Waals surface area contributed by atoms with Crippen LogP contribution in [-0.2, 0) is 11.2 Å². The standard InChI is InChI=1S/C17H25Cl2NO/c1-3-21-17(10-5-4-6-11-17)15(20-2)12-13-8-7-9-14(18)16(13)19/h7-9,15,20H,3-6,10-12H2,1-2H3. The van der Waals surface area contributed by atoms with Crippen LogP contribution in [0.1, 0.15) is 44.6 Å². The molecule has 1 aromatic rings. The Bertz CT molecular complexity index is 453. The number of hydrogen-bond acceptors (Lipinski definition) is 2. The fourth-order valence-corrected chi connectivity index (χ4v) is 3.91. The normalized spacial score (nSPS) is 19.4. The fraction of sp³-hybridized carbons (Fsp3) is 0.647. The van der Waals surface area contributed by atoms with Crippen molar-refractivity contribution in [2.45, 2.75) is 57.1 Å². The number of nitrogens with one attached hydrogen (secondary N) is 1. The van der Waals surface area contributed by atoms with E-state index in [2.05, 4.69) is 18.3 Å². The third-order valence-electron chi connectivity index (χ3n) is 4.57. The molecule has 0 spiro atoms. The number of hydrogen-bond donors (Lipinski definition) is 1. The largest absolute Gasteiger partial charge is 0.374 e. The topological polar surface area (TPSA) is 21.3 Å². The van der Waals surface area contributed by atoms with E-state index in [-0.39, 0.29) is 11.6 Å². The molecule has 0 heterocycles. The van der Waals surface area contributed by atoms with Gasteiger partial charge in [0.25, 0.3) is 0 Å². The molecule has 1 fully saturated rings. The molecule has 0 bridgehead atoms. The van der Waals surface area contributed by atoms with E-state index in [1.54, 1.807) is 0 Å². The summed E-state index contributed by atoms with van der Waals surface area (Å²) in [5.74, 6) is 0. The van der Waals surface area contributed by atoms with Gasteiger partial charge in [0, 0.05) is 12.6 Å². The third-order valence-corrected chi connectivity index (χ3v) is 5.43. The summed E-state index contributed by atoms with van der Waals surface area (Å²) in [6.45, 7) is 2.83. The van der Waals surface area contributed by atoms with Crippen LogP contribution in [0.2, 0.25) is 10.0 Å². The summed E-state index contributed by atoms with van der Waals surface area (Å²) >= 11 is 12.5. The molecule has 118 valence electrons. The first-order valence-electron chi connectivity index (χ1n) is 7.87. The van der Waals surface area contributed by atoms with E-state index >= 15 is 0 Å². The average molecular weight is 330 g/mol. The second kappa shape index (κ2) is 7.82. The molecule has 1 aliphatic carbocycles. The van der Waals surface area contributed by atoms with Crippen LogP contribution in [0.25, 0.3) is 0 Å². The van der Waals surface area contributed by atoms with Gasteiger partial charge in [-0.15, -0.1) is 0 Å². The number of benzene rings is 1. The molecule has 0 saturated heterocycles. The zero-order valence-corrected chi connectivity index (χ0v) is 14.4. The van der Waals surface area contributed by atoms with Crippen molar-refractivity contribution in [1.82, 2.24) is 5.32 Å². The van der Waals surface area contributed by atoms with E-state index in [0.717, 1.165) is 31.4 Å². The Balaban J connectivity index is 2.22. The highest BCUT2D eigenvalue weighted by Crippen LogP contribution is 2.37. The molecule has 2 nitrogen and oxygen atoms in total. The van der Waals surface area contributed by atoms with Crippen molar-refractivity contribution in [3.05, 3.63) is 33.8 Å². The number of rotatable bonds is 6. The molecule has 0 amide bonds. The van der Waals surface area contributed by atoms with Crippen LogP contribution in [0.15, 0.2) is 18.2 Å². The molecule has 1 unspecified atom stereocenters. The minimum absolute atomic E-state index is 0.0760. The van der Waals surface area contributed by atoms with E-state index in [1.165, 1.54) is 19.3 Å². The van der Waals surface area contributed by atoms with Crippen molar-refractivity contribution in [2.75, 3.05) is 13.7 Å². The van der Waals surface area contributed by atoms with Crippen molar-refractivity contribution >= 4 is 23.2 Å². The maximum atomic E-state index is 6.36. The monoisotopic (exact) mass is 329 g/mol. The van der Waals surface area contributed by atoms with Crippen molar-refractivity contribution < 1.29 is 4.74 Å². The van der Waals surface area contributed by atoms with Crippen LogP contribution in [0.4, 0.5) is 0 Å². The van der Waals surface area contributed by atoms with E-state index in [0.29, 0.717) is 10.0 Å². The van der Waals surface area contributed by atoms with Crippen LogP contribution in [0, 0.1) is 0 Å². The first kappa shape index (κ1) is 17.1. The van der Waals surface area contributed by atoms with Gasteiger partial charge in [0.2, 0.25) is 0 Å². The molecule has 4 heteroatoms. The Hall–Kier alpha value is -0.280. The molecular weight excluding hydrogens is 305 g/mol. The first-order chi connectivity index (χ1) is 10.1. The van der Waals surface area contributed by atoms with Crippen LogP contribution >= 0.6 is 23.2 Å². The summed E-state index contributed by atoms with van der Waals surface area (Å²) in [6, 6.07) is 6.11. The lowest BCUT2D eigenvalue weighted by Crippen LogP contribution is -2.53. The molecule has 0 aromatic heterocycles. The Morgan fingerprint density at radius 1 is 1.24 bits per heavy atom. The molecule has 1 N–H and O–H groups in total. The van der Waals surface area contributed by atoms with Crippen molar-refractivity contribution in [2.24, 2.45) is 0 Å². The van der Waals surface area contributed by atoms with Crippen LogP contribution in [0.3, 0.4) is 0 Å². The average Bonchev–Trinajstić information content (AvgIpc) is 2.50. The molecule has 2 rings (SSSR count). The summed E-state index contributed by atoms with van der Waals surface area (Å²) in [5, 5.41) is 4.76. The van der Waals surface area contributed by atoms with Gasteiger partial charge in [0.15, 0.2) is 0 Å². The van der Waals surface area contributed by atoms with Gasteiger partial charge >= 0.3 is 0 Å². The number of ether oxygens (including phenoxy) is 1. The lowest BCUT2D eigenvalue weighted by molar-refractivity contribution is -0.0883. The zero-order chi connectivity index (χ0) is 15.3. The van der Waals surface area contributed by atoms with E-state index in [1.807, 2.05) is 19.2 Å². The lowest BCUT2D eigenvalue weighted by Gasteiger charge is -2.43. The fourth-order valence-electron chi connectivity index (χ4n) is 3.51. The highest BCUT2D eigenvalue weighted by Gasteiger charge is 2.40. The van der Waals surface area contributed by atoms with Gasteiger partial charge in [-0.25, -0.2) is 0 Å². The van der Waals surface area contributed by atoms with Gasteiger partial charge < -0.3 is 10.1 Å². The maximum absolute atomic E-state index is 6.36. The van der Waals surface area contributed by atoms with E-state index < -0.39 is 0 Å². The highest BCUT2D eigenvalue weighted by atomic mass is 35.5. The first-order valence-corrected chi connectivity index (χ1v) is 8.62. The Kier molecular flexibility index (Phi) is 6.36. The molecule has 0 aliphatic heterocycles. The van der Waals surface area contributed by atoms with Gasteiger partial charge in [-0.1, -0.05) is 54.6 Å². The van der Waals surface area contributed by atoms with Crippen LogP contribution in [-0.4, -0.2) is 25.3 Å². The summed E-state index contributed by atoms with van der Waals surface area (Å²) < 4.78 is 6.23. The van der Waals surface area contributed by atoms with Gasteiger partial charge in [0.05, 0.1) is 15.6 Å². The summed E-state index contributed by atoms with van der Waals surface area (Å²) in [7, 11) is 2.01. The summed E-state index contributed by atoms with van der Waals surface area (Å²) in [5.41, 5.74) is 1.01. The third kappa shape index (κ3) is 3.92. The number of likely N-dealkylation sites (N-methyl/N-ethyl adjacent to an activating group) is 1. The van der Waals surface area contributed by atoms with Gasteiger partial charge in [0.1, 0.15) is 0 Å². The predicted octanol–water partition coefficient (Wildman–Crippen LogP) is 4.86. The van der Waals surface area contributed by atoms with Gasteiger partial charge in [-0.05, 0) is 44.9 Å².